The smallest absolute Gasteiger partial charge is 0.222 e. The van der Waals surface area contributed by atoms with Crippen molar-refractivity contribution in [2.24, 2.45) is 0 Å². The second-order valence-electron chi connectivity index (χ2n) is 7.69. The number of amides is 1. The van der Waals surface area contributed by atoms with Crippen molar-refractivity contribution in [3.8, 4) is 0 Å². The standard InChI is InChI=1S/C20H27FN6O2/c21-18-5-3-16(4-6-18)17-7-9-26(14-17)20(28)2-1-8-27-19(22-23-24-27)15-25-10-12-29-13-11-25/h3-6,17H,1-2,7-15H2/t17-/m0/s1. The Kier molecular flexibility index (Phi) is 6.46. The van der Waals surface area contributed by atoms with Crippen molar-refractivity contribution in [2.75, 3.05) is 39.4 Å². The van der Waals surface area contributed by atoms with Gasteiger partial charge in [0.15, 0.2) is 5.82 Å². The molecule has 2 fully saturated rings. The summed E-state index contributed by atoms with van der Waals surface area (Å²) in [5.74, 6) is 1.06. The number of aryl methyl sites for hydroxylation is 1. The molecule has 1 atom stereocenters. The molecule has 2 saturated heterocycles. The van der Waals surface area contributed by atoms with Gasteiger partial charge in [0.25, 0.3) is 0 Å². The zero-order valence-electron chi connectivity index (χ0n) is 16.5. The molecule has 2 aliphatic heterocycles. The molecular formula is C20H27FN6O2. The van der Waals surface area contributed by atoms with Crippen LogP contribution in [-0.2, 0) is 22.6 Å². The lowest BCUT2D eigenvalue weighted by Gasteiger charge is -2.25. The van der Waals surface area contributed by atoms with Gasteiger partial charge in [0, 0.05) is 45.1 Å². The Morgan fingerprint density at radius 1 is 1.17 bits per heavy atom. The Labute approximate surface area is 169 Å². The minimum Gasteiger partial charge on any atom is -0.379 e. The minimum absolute atomic E-state index is 0.164. The van der Waals surface area contributed by atoms with E-state index < -0.39 is 0 Å². The lowest BCUT2D eigenvalue weighted by atomic mass is 9.99. The second kappa shape index (κ2) is 9.41. The Hall–Kier alpha value is -2.39. The molecule has 2 aromatic rings. The molecule has 4 rings (SSSR count). The summed E-state index contributed by atoms with van der Waals surface area (Å²) in [5.41, 5.74) is 1.10. The quantitative estimate of drug-likeness (QED) is 0.698. The second-order valence-corrected chi connectivity index (χ2v) is 7.69. The molecule has 0 radical (unpaired) electrons. The number of carbonyl (C=O) groups is 1. The van der Waals surface area contributed by atoms with Crippen LogP contribution in [0.2, 0.25) is 0 Å². The highest BCUT2D eigenvalue weighted by molar-refractivity contribution is 5.76. The lowest BCUT2D eigenvalue weighted by molar-refractivity contribution is -0.130. The molecule has 0 aliphatic carbocycles. The van der Waals surface area contributed by atoms with E-state index in [1.807, 2.05) is 17.0 Å². The van der Waals surface area contributed by atoms with Gasteiger partial charge in [0.1, 0.15) is 5.82 Å². The van der Waals surface area contributed by atoms with Crippen molar-refractivity contribution in [3.63, 3.8) is 0 Å². The molecule has 0 bridgehead atoms. The normalized spacial score (nSPS) is 20.3. The molecule has 0 unspecified atom stereocenters. The number of rotatable bonds is 7. The summed E-state index contributed by atoms with van der Waals surface area (Å²) in [6, 6.07) is 6.62. The summed E-state index contributed by atoms with van der Waals surface area (Å²) in [6.07, 6.45) is 2.11. The summed E-state index contributed by atoms with van der Waals surface area (Å²) in [7, 11) is 0. The van der Waals surface area contributed by atoms with Crippen LogP contribution in [0.5, 0.6) is 0 Å². The van der Waals surface area contributed by atoms with Gasteiger partial charge in [-0.1, -0.05) is 12.1 Å². The van der Waals surface area contributed by atoms with Gasteiger partial charge in [-0.05, 0) is 41.0 Å². The van der Waals surface area contributed by atoms with Crippen molar-refractivity contribution >= 4 is 5.91 Å². The van der Waals surface area contributed by atoms with Crippen LogP contribution in [0.1, 0.15) is 36.6 Å². The van der Waals surface area contributed by atoms with Gasteiger partial charge >= 0.3 is 0 Å². The summed E-state index contributed by atoms with van der Waals surface area (Å²) in [4.78, 5) is 16.8. The van der Waals surface area contributed by atoms with Gasteiger partial charge in [-0.2, -0.15) is 0 Å². The molecule has 2 aliphatic rings. The molecule has 1 aromatic carbocycles. The first-order chi connectivity index (χ1) is 14.2. The summed E-state index contributed by atoms with van der Waals surface area (Å²) in [5, 5.41) is 12.0. The number of carbonyl (C=O) groups excluding carboxylic acids is 1. The van der Waals surface area contributed by atoms with E-state index in [4.69, 9.17) is 4.74 Å². The molecule has 0 saturated carbocycles. The number of ether oxygens (including phenoxy) is 1. The van der Waals surface area contributed by atoms with E-state index in [0.29, 0.717) is 38.4 Å². The van der Waals surface area contributed by atoms with Gasteiger partial charge in [-0.3, -0.25) is 9.69 Å². The zero-order chi connectivity index (χ0) is 20.1. The van der Waals surface area contributed by atoms with E-state index in [1.54, 1.807) is 4.68 Å². The molecule has 1 amide bonds. The van der Waals surface area contributed by atoms with Crippen LogP contribution in [0, 0.1) is 5.82 Å². The number of morpholine rings is 1. The van der Waals surface area contributed by atoms with Gasteiger partial charge < -0.3 is 9.64 Å². The van der Waals surface area contributed by atoms with E-state index in [0.717, 1.165) is 50.7 Å². The van der Waals surface area contributed by atoms with E-state index in [1.165, 1.54) is 12.1 Å². The van der Waals surface area contributed by atoms with Crippen molar-refractivity contribution in [3.05, 3.63) is 41.5 Å². The molecule has 8 nitrogen and oxygen atoms in total. The van der Waals surface area contributed by atoms with E-state index >= 15 is 0 Å². The van der Waals surface area contributed by atoms with Crippen LogP contribution in [-0.4, -0.2) is 75.3 Å². The fourth-order valence-electron chi connectivity index (χ4n) is 4.00. The highest BCUT2D eigenvalue weighted by Crippen LogP contribution is 2.27. The van der Waals surface area contributed by atoms with Crippen molar-refractivity contribution < 1.29 is 13.9 Å². The predicted octanol–water partition coefficient (Wildman–Crippen LogP) is 1.44. The monoisotopic (exact) mass is 402 g/mol. The van der Waals surface area contributed by atoms with Crippen LogP contribution in [0.15, 0.2) is 24.3 Å². The molecule has 0 spiro atoms. The third kappa shape index (κ3) is 5.16. The van der Waals surface area contributed by atoms with E-state index in [9.17, 15) is 9.18 Å². The lowest BCUT2D eigenvalue weighted by Crippen LogP contribution is -2.36. The number of nitrogens with zero attached hydrogens (tertiary/aromatic N) is 6. The van der Waals surface area contributed by atoms with Gasteiger partial charge in [-0.15, -0.1) is 5.10 Å². The van der Waals surface area contributed by atoms with Gasteiger partial charge in [0.05, 0.1) is 19.8 Å². The van der Waals surface area contributed by atoms with Crippen LogP contribution < -0.4 is 0 Å². The maximum atomic E-state index is 13.1. The number of tetrazole rings is 1. The fraction of sp³-hybridized carbons (Fsp3) is 0.600. The third-order valence-corrected chi connectivity index (χ3v) is 5.72. The van der Waals surface area contributed by atoms with Crippen molar-refractivity contribution in [1.82, 2.24) is 30.0 Å². The molecular weight excluding hydrogens is 375 g/mol. The van der Waals surface area contributed by atoms with Crippen molar-refractivity contribution in [1.29, 1.82) is 0 Å². The Balaban J connectivity index is 1.22. The van der Waals surface area contributed by atoms with Crippen molar-refractivity contribution in [2.45, 2.75) is 38.3 Å². The highest BCUT2D eigenvalue weighted by atomic mass is 19.1. The van der Waals surface area contributed by atoms with Crippen LogP contribution in [0.3, 0.4) is 0 Å². The zero-order valence-corrected chi connectivity index (χ0v) is 16.5. The van der Waals surface area contributed by atoms with Gasteiger partial charge in [-0.25, -0.2) is 9.07 Å². The number of halogens is 1. The first-order valence-electron chi connectivity index (χ1n) is 10.3. The van der Waals surface area contributed by atoms with E-state index in [-0.39, 0.29) is 11.7 Å². The first-order valence-corrected chi connectivity index (χ1v) is 10.3. The number of hydrogen-bond donors (Lipinski definition) is 0. The highest BCUT2D eigenvalue weighted by Gasteiger charge is 2.27. The fourth-order valence-corrected chi connectivity index (χ4v) is 4.00. The largest absolute Gasteiger partial charge is 0.379 e. The topological polar surface area (TPSA) is 76.4 Å². The number of benzene rings is 1. The minimum atomic E-state index is -0.227. The Morgan fingerprint density at radius 2 is 1.97 bits per heavy atom. The molecule has 3 heterocycles. The molecule has 156 valence electrons. The number of hydrogen-bond acceptors (Lipinski definition) is 6. The average Bonchev–Trinajstić information content (AvgIpc) is 3.39. The molecule has 29 heavy (non-hydrogen) atoms. The number of likely N-dealkylation sites (tertiary alicyclic amines) is 1. The van der Waals surface area contributed by atoms with Crippen LogP contribution in [0.25, 0.3) is 0 Å². The molecule has 0 N–H and O–H groups in total. The summed E-state index contributed by atoms with van der Waals surface area (Å²) < 4.78 is 20.3. The van der Waals surface area contributed by atoms with E-state index in [2.05, 4.69) is 20.4 Å². The van der Waals surface area contributed by atoms with Crippen LogP contribution in [0.4, 0.5) is 4.39 Å². The summed E-state index contributed by atoms with van der Waals surface area (Å²) in [6.45, 7) is 6.05. The van der Waals surface area contributed by atoms with Gasteiger partial charge in [0.2, 0.25) is 5.91 Å². The molecule has 1 aromatic heterocycles. The van der Waals surface area contributed by atoms with Crippen LogP contribution >= 0.6 is 0 Å². The summed E-state index contributed by atoms with van der Waals surface area (Å²) >= 11 is 0. The predicted molar refractivity (Wildman–Crippen MR) is 103 cm³/mol. The average molecular weight is 402 g/mol. The number of aromatic nitrogens is 4. The SMILES string of the molecule is O=C(CCCn1nnnc1CN1CCOCC1)N1CC[C@H](c2ccc(F)cc2)C1. The maximum Gasteiger partial charge on any atom is 0.222 e. The first kappa shape index (κ1) is 19.9. The Bertz CT molecular complexity index is 806. The molecule has 9 heteroatoms. The maximum absolute atomic E-state index is 13.1. The third-order valence-electron chi connectivity index (χ3n) is 5.72. The Morgan fingerprint density at radius 3 is 2.76 bits per heavy atom.